The van der Waals surface area contributed by atoms with Crippen LogP contribution in [0, 0.1) is 0 Å². The Bertz CT molecular complexity index is 153. The molecule has 1 saturated carbocycles. The maximum absolute atomic E-state index is 10.1. The molecule has 0 saturated heterocycles. The predicted octanol–water partition coefficient (Wildman–Crippen LogP) is -0.438. The highest BCUT2D eigenvalue weighted by Crippen LogP contribution is 2.31. The minimum Gasteiger partial charge on any atom is -0.480 e. The third-order valence-corrected chi connectivity index (χ3v) is 0.896. The van der Waals surface area contributed by atoms with Gasteiger partial charge in [-0.2, -0.15) is 0 Å². The van der Waals surface area contributed by atoms with E-state index in [-0.39, 0.29) is 0 Å². The van der Waals surface area contributed by atoms with Crippen molar-refractivity contribution in [2.24, 2.45) is 5.73 Å². The van der Waals surface area contributed by atoms with Crippen molar-refractivity contribution in [2.75, 3.05) is 0 Å². The number of rotatable bonds is 1. The minimum absolute atomic E-state index is 0.949. The molecule has 7 heavy (non-hydrogen) atoms. The van der Waals surface area contributed by atoms with Crippen molar-refractivity contribution < 1.29 is 12.6 Å². The molecule has 0 aliphatic heterocycles. The lowest BCUT2D eigenvalue weighted by Crippen LogP contribution is -2.31. The molecule has 1 rings (SSSR count). The number of hydrogen-bond acceptors (Lipinski definition) is 2. The molecular formula is C4H7NO2. The van der Waals surface area contributed by atoms with Crippen molar-refractivity contribution in [3.8, 4) is 0 Å². The van der Waals surface area contributed by atoms with Gasteiger partial charge in [0.1, 0.15) is 5.54 Å². The molecule has 0 heterocycles. The molecule has 0 aromatic rings. The van der Waals surface area contributed by atoms with Crippen molar-refractivity contribution in [1.82, 2.24) is 0 Å². The van der Waals surface area contributed by atoms with Crippen LogP contribution >= 0.6 is 0 Å². The van der Waals surface area contributed by atoms with Gasteiger partial charge in [-0.05, 0) is 12.8 Å². The molecule has 0 spiro atoms. The summed E-state index contributed by atoms with van der Waals surface area (Å²) in [7, 11) is 0. The van der Waals surface area contributed by atoms with Gasteiger partial charge < -0.3 is 10.8 Å². The fourth-order valence-corrected chi connectivity index (χ4v) is 0.232. The number of carboxylic acids is 1. The molecule has 0 amide bonds. The van der Waals surface area contributed by atoms with Gasteiger partial charge in [-0.25, -0.2) is 0 Å². The van der Waals surface area contributed by atoms with E-state index >= 15 is 0 Å². The lowest BCUT2D eigenvalue weighted by atomic mass is 10.3. The highest BCUT2D eigenvalue weighted by atomic mass is 16.4. The number of carbonyl (C=O) groups is 1. The minimum atomic E-state index is -1.58. The Labute approximate surface area is 43.9 Å². The first kappa shape index (κ1) is 2.67. The van der Waals surface area contributed by atoms with E-state index in [9.17, 15) is 4.79 Å². The smallest absolute Gasteiger partial charge is 0.323 e. The molecule has 0 aromatic carbocycles. The van der Waals surface area contributed by atoms with Crippen LogP contribution in [0.1, 0.15) is 15.5 Å². The Morgan fingerprint density at radius 2 is 2.43 bits per heavy atom. The molecule has 1 aliphatic carbocycles. The maximum Gasteiger partial charge on any atom is 0.323 e. The van der Waals surface area contributed by atoms with Gasteiger partial charge in [0.25, 0.3) is 0 Å². The summed E-state index contributed by atoms with van der Waals surface area (Å²) in [5.74, 6) is -1.25. The highest BCUT2D eigenvalue weighted by molar-refractivity contribution is 5.81. The van der Waals surface area contributed by atoms with Crippen molar-refractivity contribution in [2.45, 2.75) is 18.3 Å². The fourth-order valence-electron chi connectivity index (χ4n) is 0.232. The van der Waals surface area contributed by atoms with Crippen LogP contribution in [0.15, 0.2) is 0 Å². The average Bonchev–Trinajstić information content (AvgIpc) is 2.22. The number of hydrogen-bond donors (Lipinski definition) is 2. The van der Waals surface area contributed by atoms with Crippen LogP contribution < -0.4 is 5.73 Å². The van der Waals surface area contributed by atoms with E-state index in [0.717, 1.165) is 0 Å². The van der Waals surface area contributed by atoms with Crippen LogP contribution in [0.4, 0.5) is 0 Å². The van der Waals surface area contributed by atoms with E-state index in [2.05, 4.69) is 0 Å². The summed E-state index contributed by atoms with van der Waals surface area (Å²) in [6, 6.07) is 0. The van der Waals surface area contributed by atoms with Crippen molar-refractivity contribution in [3.63, 3.8) is 0 Å². The molecule has 1 fully saturated rings. The van der Waals surface area contributed by atoms with E-state index in [0.29, 0.717) is 0 Å². The van der Waals surface area contributed by atoms with Gasteiger partial charge >= 0.3 is 5.97 Å². The van der Waals surface area contributed by atoms with E-state index in [4.69, 9.17) is 13.6 Å². The molecule has 2 unspecified atom stereocenters. The number of nitrogens with two attached hydrogens (primary N) is 1. The van der Waals surface area contributed by atoms with Gasteiger partial charge in [0.2, 0.25) is 0 Å². The summed E-state index contributed by atoms with van der Waals surface area (Å²) in [4.78, 5) is 10.1. The topological polar surface area (TPSA) is 63.3 Å². The van der Waals surface area contributed by atoms with E-state index in [1.165, 1.54) is 0 Å². The Balaban J connectivity index is 2.71. The second-order valence-corrected chi connectivity index (χ2v) is 1.57. The summed E-state index contributed by atoms with van der Waals surface area (Å²) in [5.41, 5.74) is 3.52. The molecule has 2 atom stereocenters. The second kappa shape index (κ2) is 0.980. The first-order valence-electron chi connectivity index (χ1n) is 3.03. The summed E-state index contributed by atoms with van der Waals surface area (Å²) in [6.07, 6.45) is -1.90. The molecule has 3 N–H and O–H groups in total. The Morgan fingerprint density at radius 3 is 2.43 bits per heavy atom. The second-order valence-electron chi connectivity index (χ2n) is 1.57. The Kier molecular flexibility index (Phi) is 0.373. The first-order chi connectivity index (χ1) is 4.01. The largest absolute Gasteiger partial charge is 0.480 e. The van der Waals surface area contributed by atoms with Gasteiger partial charge in [-0.3, -0.25) is 4.79 Å². The zero-order valence-electron chi connectivity index (χ0n) is 5.59. The molecule has 1 aliphatic rings. The lowest BCUT2D eigenvalue weighted by molar-refractivity contribution is -0.139. The SMILES string of the molecule is [3H]C1C([3H])C1(N)C(=O)O. The van der Waals surface area contributed by atoms with Crippen molar-refractivity contribution in [1.29, 1.82) is 0 Å². The van der Waals surface area contributed by atoms with Gasteiger partial charge in [0, 0.05) is 2.74 Å². The van der Waals surface area contributed by atoms with Gasteiger partial charge in [-0.15, -0.1) is 0 Å². The molecule has 3 heteroatoms. The third kappa shape index (κ3) is 0.587. The highest BCUT2D eigenvalue weighted by Gasteiger charge is 2.46. The summed E-state index contributed by atoms with van der Waals surface area (Å²) >= 11 is 0. The summed E-state index contributed by atoms with van der Waals surface area (Å²) in [6.45, 7) is 0. The van der Waals surface area contributed by atoms with Crippen molar-refractivity contribution >= 4 is 5.97 Å². The normalized spacial score (nSPS) is 63.0. The van der Waals surface area contributed by atoms with E-state index in [1.807, 2.05) is 0 Å². The Morgan fingerprint density at radius 1 is 2.00 bits per heavy atom. The van der Waals surface area contributed by atoms with Crippen LogP contribution in [0.25, 0.3) is 0 Å². The summed E-state index contributed by atoms with van der Waals surface area (Å²) in [5, 5.41) is 8.29. The van der Waals surface area contributed by atoms with Gasteiger partial charge in [0.05, 0.1) is 0 Å². The monoisotopic (exact) mass is 105 g/mol. The summed E-state index contributed by atoms with van der Waals surface area (Å²) < 4.78 is 13.8. The molecule has 40 valence electrons. The zero-order chi connectivity index (χ0) is 7.23. The maximum atomic E-state index is 10.1. The van der Waals surface area contributed by atoms with Gasteiger partial charge in [0.15, 0.2) is 0 Å². The number of aliphatic carboxylic acids is 1. The van der Waals surface area contributed by atoms with Crippen LogP contribution in [0.5, 0.6) is 0 Å². The van der Waals surface area contributed by atoms with Crippen molar-refractivity contribution in [3.05, 3.63) is 0 Å². The molecule has 3 nitrogen and oxygen atoms in total. The Hall–Kier alpha value is -0.570. The van der Waals surface area contributed by atoms with E-state index < -0.39 is 24.3 Å². The van der Waals surface area contributed by atoms with Crippen LogP contribution in [0.2, 0.25) is 0 Å². The predicted molar refractivity (Wildman–Crippen MR) is 23.8 cm³/mol. The third-order valence-electron chi connectivity index (χ3n) is 0.896. The number of carboxylic acid groups (broad SMARTS) is 1. The van der Waals surface area contributed by atoms with E-state index in [1.54, 1.807) is 0 Å². The van der Waals surface area contributed by atoms with Crippen LogP contribution in [-0.4, -0.2) is 16.6 Å². The average molecular weight is 105 g/mol. The lowest BCUT2D eigenvalue weighted by Gasteiger charge is -1.95. The molecular weight excluding hydrogens is 94.0 g/mol. The molecule has 0 aromatic heterocycles. The fraction of sp³-hybridized carbons (Fsp3) is 0.750. The van der Waals surface area contributed by atoms with Crippen LogP contribution in [-0.2, 0) is 4.79 Å². The standard InChI is InChI=1S/C4H7NO2/c5-4(1-2-4)3(6)7/h1-2,5H2,(H,6,7)/i1T,2T. The van der Waals surface area contributed by atoms with Gasteiger partial charge in [-0.1, -0.05) is 0 Å². The molecule has 0 radical (unpaired) electrons. The first-order valence-corrected chi connectivity index (χ1v) is 1.88. The zero-order valence-corrected chi connectivity index (χ0v) is 3.59. The van der Waals surface area contributed by atoms with Crippen LogP contribution in [0.3, 0.4) is 0 Å². The quantitative estimate of drug-likeness (QED) is 0.475. The molecule has 0 bridgehead atoms.